The van der Waals surface area contributed by atoms with E-state index in [0.29, 0.717) is 11.4 Å². The third-order valence-electron chi connectivity index (χ3n) is 5.10. The highest BCUT2D eigenvalue weighted by Gasteiger charge is 2.56. The molecule has 3 rings (SSSR count). The van der Waals surface area contributed by atoms with Gasteiger partial charge >= 0.3 is 23.9 Å². The molecule has 1 aliphatic heterocycles. The summed E-state index contributed by atoms with van der Waals surface area (Å²) in [4.78, 5) is 48.0. The number of ether oxygens (including phenoxy) is 7. The second kappa shape index (κ2) is 12.1. The van der Waals surface area contributed by atoms with Gasteiger partial charge in [0, 0.05) is 32.4 Å². The van der Waals surface area contributed by atoms with Crippen molar-refractivity contribution >= 4 is 23.9 Å². The molecule has 198 valence electrons. The lowest BCUT2D eigenvalue weighted by Crippen LogP contribution is -2.64. The molecule has 1 aromatic heterocycles. The van der Waals surface area contributed by atoms with Crippen LogP contribution in [0.5, 0.6) is 11.6 Å². The van der Waals surface area contributed by atoms with Gasteiger partial charge in [-0.1, -0.05) is 0 Å². The summed E-state index contributed by atoms with van der Waals surface area (Å²) in [7, 11) is 2.65. The highest BCUT2D eigenvalue weighted by atomic mass is 16.7. The Morgan fingerprint density at radius 1 is 0.757 bits per heavy atom. The first kappa shape index (κ1) is 27.3. The van der Waals surface area contributed by atoms with E-state index in [0.717, 1.165) is 33.4 Å². The van der Waals surface area contributed by atoms with E-state index in [4.69, 9.17) is 33.2 Å². The molecule has 0 unspecified atom stereocenters. The Morgan fingerprint density at radius 3 is 1.86 bits per heavy atom. The molecule has 1 aromatic carbocycles. The summed E-state index contributed by atoms with van der Waals surface area (Å²) in [5, 5.41) is 8.14. The molecule has 0 saturated carbocycles. The maximum absolute atomic E-state index is 12.5. The van der Waals surface area contributed by atoms with Crippen LogP contribution in [0.25, 0.3) is 11.3 Å². The van der Waals surface area contributed by atoms with E-state index >= 15 is 0 Å². The molecule has 1 aliphatic rings. The van der Waals surface area contributed by atoms with Crippen LogP contribution in [0.4, 0.5) is 0 Å². The molecule has 37 heavy (non-hydrogen) atoms. The molecular weight excluding hydrogens is 492 g/mol. The minimum absolute atomic E-state index is 0.0597. The van der Waals surface area contributed by atoms with Crippen LogP contribution in [0, 0.1) is 0 Å². The van der Waals surface area contributed by atoms with Crippen LogP contribution in [-0.4, -0.2) is 79.0 Å². The molecule has 0 spiro atoms. The highest BCUT2D eigenvalue weighted by molar-refractivity contribution is 5.77. The first-order valence-corrected chi connectivity index (χ1v) is 11.0. The number of hydrogen-bond donors (Lipinski definition) is 0. The van der Waals surface area contributed by atoms with Gasteiger partial charge in [-0.2, -0.15) is 0 Å². The van der Waals surface area contributed by atoms with Crippen molar-refractivity contribution in [3.05, 3.63) is 36.4 Å². The van der Waals surface area contributed by atoms with Gasteiger partial charge in [0.05, 0.1) is 19.9 Å². The van der Waals surface area contributed by atoms with Crippen molar-refractivity contribution in [1.82, 2.24) is 10.2 Å². The van der Waals surface area contributed by atoms with E-state index in [2.05, 4.69) is 10.2 Å². The molecule has 0 aliphatic carbocycles. The van der Waals surface area contributed by atoms with E-state index in [1.54, 1.807) is 37.4 Å². The third kappa shape index (κ3) is 6.91. The molecular formula is C24H26N2O11. The van der Waals surface area contributed by atoms with Crippen LogP contribution < -0.4 is 9.47 Å². The number of aromatic nitrogens is 2. The maximum Gasteiger partial charge on any atom is 0.339 e. The van der Waals surface area contributed by atoms with Crippen molar-refractivity contribution in [2.75, 3.05) is 14.2 Å². The van der Waals surface area contributed by atoms with Crippen LogP contribution >= 0.6 is 0 Å². The molecule has 0 N–H and O–H groups in total. The van der Waals surface area contributed by atoms with Crippen molar-refractivity contribution in [2.24, 2.45) is 0 Å². The normalized spacial score (nSPS) is 22.8. The predicted molar refractivity (Wildman–Crippen MR) is 122 cm³/mol. The Bertz CT molecular complexity index is 1120. The Balaban J connectivity index is 1.93. The Morgan fingerprint density at radius 2 is 1.35 bits per heavy atom. The van der Waals surface area contributed by atoms with Crippen LogP contribution in [-0.2, 0) is 42.9 Å². The fourth-order valence-electron chi connectivity index (χ4n) is 3.59. The molecule has 0 bridgehead atoms. The van der Waals surface area contributed by atoms with Crippen LogP contribution in [0.3, 0.4) is 0 Å². The van der Waals surface area contributed by atoms with Gasteiger partial charge < -0.3 is 33.2 Å². The van der Waals surface area contributed by atoms with Gasteiger partial charge in [0.15, 0.2) is 18.3 Å². The average molecular weight is 518 g/mol. The van der Waals surface area contributed by atoms with Crippen molar-refractivity contribution in [1.29, 1.82) is 0 Å². The number of carbonyl (C=O) groups excluding carboxylic acids is 4. The smallest absolute Gasteiger partial charge is 0.339 e. The SMILES string of the molecule is COC(=O)[C@H]1O[C@@H](Oc2ccc(-c3ccc(OC)cc3)nn2)[C@H](OC(C)=O)[C@@H](OC(C)=O)[C@@H]1OC(C)=O. The average Bonchev–Trinajstić information content (AvgIpc) is 2.86. The standard InChI is InChI=1S/C24H26N2O11/c1-12(27)33-19-20(34-13(2)28)22(35-14(3)29)24(37-21(19)23(30)32-5)36-18-11-10-17(25-26-18)15-6-8-16(31-4)9-7-15/h6-11,19-22,24H,1-5H3/t19-,20-,21-,22+,24+/m0/s1. The van der Waals surface area contributed by atoms with Gasteiger partial charge in [-0.25, -0.2) is 4.79 Å². The molecule has 1 saturated heterocycles. The van der Waals surface area contributed by atoms with Gasteiger partial charge in [0.1, 0.15) is 5.75 Å². The quantitative estimate of drug-likeness (QED) is 0.363. The number of hydrogen-bond acceptors (Lipinski definition) is 13. The first-order chi connectivity index (χ1) is 17.6. The molecule has 1 fully saturated rings. The number of rotatable bonds is 8. The second-order valence-electron chi connectivity index (χ2n) is 7.77. The van der Waals surface area contributed by atoms with E-state index in [1.165, 1.54) is 6.07 Å². The topological polar surface area (TPSA) is 159 Å². The van der Waals surface area contributed by atoms with E-state index in [1.807, 2.05) is 0 Å². The van der Waals surface area contributed by atoms with Gasteiger partial charge in [-0.05, 0) is 30.3 Å². The number of benzene rings is 1. The minimum Gasteiger partial charge on any atom is -0.497 e. The van der Waals surface area contributed by atoms with E-state index in [-0.39, 0.29) is 5.88 Å². The van der Waals surface area contributed by atoms with Crippen molar-refractivity contribution in [3.63, 3.8) is 0 Å². The van der Waals surface area contributed by atoms with Gasteiger partial charge in [0.2, 0.25) is 18.3 Å². The van der Waals surface area contributed by atoms with Gasteiger partial charge in [-0.15, -0.1) is 10.2 Å². The number of esters is 4. The fraction of sp³-hybridized carbons (Fsp3) is 0.417. The summed E-state index contributed by atoms with van der Waals surface area (Å²) in [6, 6.07) is 10.2. The van der Waals surface area contributed by atoms with Crippen molar-refractivity contribution in [3.8, 4) is 22.9 Å². The monoisotopic (exact) mass is 518 g/mol. The molecule has 13 heteroatoms. The van der Waals surface area contributed by atoms with Crippen LogP contribution in [0.2, 0.25) is 0 Å². The largest absolute Gasteiger partial charge is 0.497 e. The lowest BCUT2D eigenvalue weighted by molar-refractivity contribution is -0.283. The molecule has 2 aromatic rings. The molecule has 13 nitrogen and oxygen atoms in total. The fourth-order valence-corrected chi connectivity index (χ4v) is 3.59. The zero-order valence-corrected chi connectivity index (χ0v) is 20.7. The third-order valence-corrected chi connectivity index (χ3v) is 5.10. The highest BCUT2D eigenvalue weighted by Crippen LogP contribution is 2.31. The summed E-state index contributed by atoms with van der Waals surface area (Å²) >= 11 is 0. The zero-order valence-electron chi connectivity index (χ0n) is 20.7. The molecule has 2 heterocycles. The minimum atomic E-state index is -1.58. The number of nitrogens with zero attached hydrogens (tertiary/aromatic N) is 2. The molecule has 5 atom stereocenters. The number of methoxy groups -OCH3 is 2. The van der Waals surface area contributed by atoms with Crippen molar-refractivity contribution < 1.29 is 52.3 Å². The first-order valence-electron chi connectivity index (χ1n) is 11.0. The van der Waals surface area contributed by atoms with Crippen LogP contribution in [0.15, 0.2) is 36.4 Å². The Kier molecular flexibility index (Phi) is 8.95. The number of carbonyl (C=O) groups is 4. The predicted octanol–water partition coefficient (Wildman–Crippen LogP) is 1.22. The maximum atomic E-state index is 12.5. The lowest BCUT2D eigenvalue weighted by atomic mass is 9.97. The zero-order chi connectivity index (χ0) is 27.1. The Labute approximate surface area is 211 Å². The summed E-state index contributed by atoms with van der Waals surface area (Å²) < 4.78 is 37.2. The van der Waals surface area contributed by atoms with Crippen molar-refractivity contribution in [2.45, 2.75) is 51.5 Å². The summed E-state index contributed by atoms with van der Waals surface area (Å²) in [6.45, 7) is 3.29. The summed E-state index contributed by atoms with van der Waals surface area (Å²) in [6.07, 6.45) is -7.53. The lowest BCUT2D eigenvalue weighted by Gasteiger charge is -2.42. The van der Waals surface area contributed by atoms with Gasteiger partial charge in [0.25, 0.3) is 0 Å². The van der Waals surface area contributed by atoms with E-state index < -0.39 is 54.6 Å². The van der Waals surface area contributed by atoms with E-state index in [9.17, 15) is 19.2 Å². The molecule has 0 amide bonds. The second-order valence-corrected chi connectivity index (χ2v) is 7.77. The summed E-state index contributed by atoms with van der Waals surface area (Å²) in [5.41, 5.74) is 1.28. The van der Waals surface area contributed by atoms with Crippen LogP contribution in [0.1, 0.15) is 20.8 Å². The Hall–Kier alpha value is -4.26. The van der Waals surface area contributed by atoms with Gasteiger partial charge in [-0.3, -0.25) is 14.4 Å². The molecule has 0 radical (unpaired) electrons. The summed E-state index contributed by atoms with van der Waals surface area (Å²) in [5.74, 6) is -2.71.